The van der Waals surface area contributed by atoms with Gasteiger partial charge in [0.05, 0.1) is 30.1 Å². The molecule has 0 N–H and O–H groups in total. The first-order chi connectivity index (χ1) is 11.2. The molecule has 2 atom stereocenters. The fraction of sp³-hybridized carbons (Fsp3) is 0.471. The fourth-order valence-corrected chi connectivity index (χ4v) is 3.57. The minimum Gasteiger partial charge on any atom is -0.374 e. The zero-order chi connectivity index (χ0) is 15.8. The number of carbonyl (C=O) groups is 1. The van der Waals surface area contributed by atoms with Crippen molar-refractivity contribution in [2.24, 2.45) is 0 Å². The molecule has 2 aromatic rings. The zero-order valence-corrected chi connectivity index (χ0v) is 13.2. The lowest BCUT2D eigenvalue weighted by molar-refractivity contribution is -0.0447. The number of nitrogens with zero attached hydrogens (tertiary/aromatic N) is 4. The Bertz CT molecular complexity index is 713. The van der Waals surface area contributed by atoms with Crippen LogP contribution in [0.25, 0.3) is 5.69 Å². The van der Waals surface area contributed by atoms with Gasteiger partial charge in [0.1, 0.15) is 0 Å². The van der Waals surface area contributed by atoms with Gasteiger partial charge in [-0.25, -0.2) is 0 Å². The van der Waals surface area contributed by atoms with Gasteiger partial charge in [-0.1, -0.05) is 18.2 Å². The maximum Gasteiger partial charge on any atom is 0.276 e. The number of benzene rings is 1. The summed E-state index contributed by atoms with van der Waals surface area (Å²) in [5, 5.41) is 8.85. The Morgan fingerprint density at radius 1 is 1.22 bits per heavy atom. The normalized spacial score (nSPS) is 23.8. The van der Waals surface area contributed by atoms with E-state index in [0.29, 0.717) is 24.5 Å². The van der Waals surface area contributed by atoms with Gasteiger partial charge in [-0.05, 0) is 38.3 Å². The highest BCUT2D eigenvalue weighted by Crippen LogP contribution is 2.30. The van der Waals surface area contributed by atoms with Crippen LogP contribution >= 0.6 is 0 Å². The van der Waals surface area contributed by atoms with Gasteiger partial charge in [0.2, 0.25) is 0 Å². The minimum atomic E-state index is -0.0233. The van der Waals surface area contributed by atoms with E-state index < -0.39 is 0 Å². The van der Waals surface area contributed by atoms with Crippen LogP contribution in [0.4, 0.5) is 0 Å². The van der Waals surface area contributed by atoms with Crippen LogP contribution in [-0.2, 0) is 4.74 Å². The molecule has 6 nitrogen and oxygen atoms in total. The molecular formula is C17H20N4O2. The van der Waals surface area contributed by atoms with Crippen molar-refractivity contribution >= 4 is 5.91 Å². The average Bonchev–Trinajstić information content (AvgIpc) is 3.21. The summed E-state index contributed by atoms with van der Waals surface area (Å²) in [5.41, 5.74) is 1.97. The van der Waals surface area contributed by atoms with Crippen LogP contribution in [0.5, 0.6) is 0 Å². The first kappa shape index (κ1) is 14.4. The van der Waals surface area contributed by atoms with Crippen LogP contribution in [0.3, 0.4) is 0 Å². The molecule has 1 saturated carbocycles. The molecule has 1 amide bonds. The first-order valence-corrected chi connectivity index (χ1v) is 8.16. The quantitative estimate of drug-likeness (QED) is 0.850. The number of morpholine rings is 1. The number of amides is 1. The van der Waals surface area contributed by atoms with Gasteiger partial charge in [-0.2, -0.15) is 9.90 Å². The van der Waals surface area contributed by atoms with Crippen LogP contribution in [0.2, 0.25) is 0 Å². The number of carbonyl (C=O) groups excluding carboxylic acids is 1. The second-order valence-corrected chi connectivity index (χ2v) is 6.17. The standard InChI is InChI=1S/C17H20N4O2/c1-12-16(19-21(18-12)13-6-3-2-4-7-13)17(22)20-10-11-23-15-9-5-8-14(15)20/h2-4,6-7,14-15H,5,8-11H2,1H3/t14-,15+/m0/s1. The van der Waals surface area contributed by atoms with E-state index in [1.807, 2.05) is 42.2 Å². The molecule has 2 heterocycles. The molecule has 1 aromatic heterocycles. The number of fused-ring (bicyclic) bond motifs is 1. The van der Waals surface area contributed by atoms with Crippen molar-refractivity contribution < 1.29 is 9.53 Å². The number of ether oxygens (including phenoxy) is 1. The molecule has 0 radical (unpaired) electrons. The summed E-state index contributed by atoms with van der Waals surface area (Å²) >= 11 is 0. The van der Waals surface area contributed by atoms with E-state index in [1.54, 1.807) is 0 Å². The van der Waals surface area contributed by atoms with E-state index in [9.17, 15) is 4.79 Å². The lowest BCUT2D eigenvalue weighted by atomic mass is 10.1. The third kappa shape index (κ3) is 2.53. The molecule has 4 rings (SSSR count). The lowest BCUT2D eigenvalue weighted by Gasteiger charge is -2.37. The van der Waals surface area contributed by atoms with Gasteiger partial charge in [0.25, 0.3) is 5.91 Å². The molecular weight excluding hydrogens is 292 g/mol. The van der Waals surface area contributed by atoms with Crippen molar-refractivity contribution in [3.8, 4) is 5.69 Å². The number of aromatic nitrogens is 3. The Kier molecular flexibility index (Phi) is 3.61. The van der Waals surface area contributed by atoms with E-state index >= 15 is 0 Å². The zero-order valence-electron chi connectivity index (χ0n) is 13.2. The van der Waals surface area contributed by atoms with Gasteiger partial charge >= 0.3 is 0 Å². The molecule has 23 heavy (non-hydrogen) atoms. The highest BCUT2D eigenvalue weighted by molar-refractivity contribution is 5.93. The van der Waals surface area contributed by atoms with E-state index in [0.717, 1.165) is 24.9 Å². The summed E-state index contributed by atoms with van der Waals surface area (Å²) in [5.74, 6) is -0.0233. The van der Waals surface area contributed by atoms with Gasteiger partial charge in [-0.15, -0.1) is 5.10 Å². The predicted molar refractivity (Wildman–Crippen MR) is 84.5 cm³/mol. The van der Waals surface area contributed by atoms with Crippen LogP contribution < -0.4 is 0 Å². The third-order valence-electron chi connectivity index (χ3n) is 4.71. The van der Waals surface area contributed by atoms with Crippen LogP contribution in [0, 0.1) is 6.92 Å². The molecule has 1 aliphatic carbocycles. The van der Waals surface area contributed by atoms with Gasteiger partial charge < -0.3 is 9.64 Å². The summed E-state index contributed by atoms with van der Waals surface area (Å²) in [7, 11) is 0. The molecule has 0 bridgehead atoms. The van der Waals surface area contributed by atoms with Crippen molar-refractivity contribution in [2.75, 3.05) is 13.2 Å². The molecule has 1 aliphatic heterocycles. The third-order valence-corrected chi connectivity index (χ3v) is 4.71. The predicted octanol–water partition coefficient (Wildman–Crippen LogP) is 1.97. The minimum absolute atomic E-state index is 0.0233. The second-order valence-electron chi connectivity index (χ2n) is 6.17. The summed E-state index contributed by atoms with van der Waals surface area (Å²) in [6, 6.07) is 9.85. The van der Waals surface area contributed by atoms with Crippen molar-refractivity contribution in [2.45, 2.75) is 38.3 Å². The molecule has 120 valence electrons. The maximum atomic E-state index is 13.0. The first-order valence-electron chi connectivity index (χ1n) is 8.16. The van der Waals surface area contributed by atoms with E-state index in [1.165, 1.54) is 4.80 Å². The lowest BCUT2D eigenvalue weighted by Crippen LogP contribution is -2.51. The van der Waals surface area contributed by atoms with Gasteiger partial charge in [0, 0.05) is 6.54 Å². The number of hydrogen-bond acceptors (Lipinski definition) is 4. The molecule has 2 aliphatic rings. The Balaban J connectivity index is 1.62. The molecule has 0 unspecified atom stereocenters. The van der Waals surface area contributed by atoms with E-state index in [2.05, 4.69) is 10.2 Å². The Labute approximate surface area is 135 Å². The van der Waals surface area contributed by atoms with Crippen molar-refractivity contribution in [1.29, 1.82) is 0 Å². The smallest absolute Gasteiger partial charge is 0.276 e. The van der Waals surface area contributed by atoms with Crippen molar-refractivity contribution in [3.63, 3.8) is 0 Å². The Morgan fingerprint density at radius 3 is 2.87 bits per heavy atom. The Hall–Kier alpha value is -2.21. The summed E-state index contributed by atoms with van der Waals surface area (Å²) in [6.07, 6.45) is 3.37. The highest BCUT2D eigenvalue weighted by atomic mass is 16.5. The molecule has 2 fully saturated rings. The summed E-state index contributed by atoms with van der Waals surface area (Å²) < 4.78 is 5.79. The van der Waals surface area contributed by atoms with Gasteiger partial charge in [-0.3, -0.25) is 4.79 Å². The average molecular weight is 312 g/mol. The molecule has 6 heteroatoms. The fourth-order valence-electron chi connectivity index (χ4n) is 3.57. The number of rotatable bonds is 2. The SMILES string of the molecule is Cc1nn(-c2ccccc2)nc1C(=O)N1CCO[C@@H]2CCC[C@@H]21. The summed E-state index contributed by atoms with van der Waals surface area (Å²) in [4.78, 5) is 16.4. The number of aryl methyl sites for hydroxylation is 1. The van der Waals surface area contributed by atoms with Crippen LogP contribution in [-0.4, -0.2) is 51.1 Å². The van der Waals surface area contributed by atoms with Crippen LogP contribution in [0.1, 0.15) is 35.4 Å². The maximum absolute atomic E-state index is 13.0. The monoisotopic (exact) mass is 312 g/mol. The topological polar surface area (TPSA) is 60.2 Å². The van der Waals surface area contributed by atoms with Crippen molar-refractivity contribution in [1.82, 2.24) is 19.9 Å². The van der Waals surface area contributed by atoms with Gasteiger partial charge in [0.15, 0.2) is 5.69 Å². The second kappa shape index (κ2) is 5.77. The Morgan fingerprint density at radius 2 is 2.04 bits per heavy atom. The summed E-state index contributed by atoms with van der Waals surface area (Å²) in [6.45, 7) is 3.09. The molecule has 1 saturated heterocycles. The molecule has 0 spiro atoms. The van der Waals surface area contributed by atoms with E-state index in [-0.39, 0.29) is 18.1 Å². The van der Waals surface area contributed by atoms with E-state index in [4.69, 9.17) is 4.74 Å². The highest BCUT2D eigenvalue weighted by Gasteiger charge is 2.39. The largest absolute Gasteiger partial charge is 0.374 e. The molecule has 1 aromatic carbocycles. The number of hydrogen-bond donors (Lipinski definition) is 0. The number of para-hydroxylation sites is 1. The van der Waals surface area contributed by atoms with Crippen molar-refractivity contribution in [3.05, 3.63) is 41.7 Å². The van der Waals surface area contributed by atoms with Crippen LogP contribution in [0.15, 0.2) is 30.3 Å².